The summed E-state index contributed by atoms with van der Waals surface area (Å²) in [4.78, 5) is 19.0. The van der Waals surface area contributed by atoms with Crippen LogP contribution in [-0.2, 0) is 0 Å². The summed E-state index contributed by atoms with van der Waals surface area (Å²) in [6.45, 7) is 0.0695. The lowest BCUT2D eigenvalue weighted by atomic mass is 9.98. The molecule has 0 spiro atoms. The maximum atomic E-state index is 14.0. The summed E-state index contributed by atoms with van der Waals surface area (Å²) in [6.07, 6.45) is 0. The van der Waals surface area contributed by atoms with E-state index in [1.165, 1.54) is 24.3 Å². The monoisotopic (exact) mass is 335 g/mol. The third-order valence-corrected chi connectivity index (χ3v) is 3.91. The summed E-state index contributed by atoms with van der Waals surface area (Å²) in [5, 5.41) is 0.0854. The first-order valence-corrected chi connectivity index (χ1v) is 7.22. The average molecular weight is 336 g/mol. The average Bonchev–Trinajstić information content (AvgIpc) is 2.51. The van der Waals surface area contributed by atoms with Crippen molar-refractivity contribution < 1.29 is 8.78 Å². The lowest BCUT2D eigenvalue weighted by molar-refractivity contribution is 0.620. The Bertz CT molecular complexity index is 942. The van der Waals surface area contributed by atoms with E-state index in [9.17, 15) is 13.6 Å². The number of fused-ring (bicyclic) bond motifs is 1. The van der Waals surface area contributed by atoms with E-state index in [0.29, 0.717) is 5.56 Å². The third-order valence-electron chi connectivity index (χ3n) is 3.60. The van der Waals surface area contributed by atoms with Crippen molar-refractivity contribution in [2.45, 2.75) is 5.92 Å². The van der Waals surface area contributed by atoms with Crippen LogP contribution in [0.1, 0.15) is 17.3 Å². The minimum absolute atomic E-state index is 0.0227. The number of H-pyrrole nitrogens is 1. The number of benzene rings is 2. The summed E-state index contributed by atoms with van der Waals surface area (Å²) in [5.41, 5.74) is 5.59. The summed E-state index contributed by atoms with van der Waals surface area (Å²) in [7, 11) is 0. The Morgan fingerprint density at radius 1 is 1.26 bits per heavy atom. The van der Waals surface area contributed by atoms with Crippen LogP contribution in [0, 0.1) is 11.6 Å². The molecule has 1 atom stereocenters. The van der Waals surface area contributed by atoms with E-state index in [2.05, 4.69) is 9.97 Å². The van der Waals surface area contributed by atoms with Gasteiger partial charge in [-0.1, -0.05) is 23.7 Å². The van der Waals surface area contributed by atoms with Crippen molar-refractivity contribution in [1.29, 1.82) is 0 Å². The predicted octanol–water partition coefficient (Wildman–Crippen LogP) is 2.95. The molecule has 118 valence electrons. The highest BCUT2D eigenvalue weighted by atomic mass is 35.5. The molecule has 0 aliphatic carbocycles. The van der Waals surface area contributed by atoms with Crippen molar-refractivity contribution in [3.05, 3.63) is 74.8 Å². The zero-order valence-corrected chi connectivity index (χ0v) is 12.6. The van der Waals surface area contributed by atoms with Crippen LogP contribution in [0.5, 0.6) is 0 Å². The second kappa shape index (κ2) is 6.06. The number of hydrogen-bond acceptors (Lipinski definition) is 3. The van der Waals surface area contributed by atoms with Crippen molar-refractivity contribution in [2.75, 3.05) is 6.54 Å². The molecule has 4 nitrogen and oxygen atoms in total. The molecule has 2 aromatic carbocycles. The van der Waals surface area contributed by atoms with Crippen molar-refractivity contribution in [3.8, 4) is 0 Å². The van der Waals surface area contributed by atoms with Crippen LogP contribution in [0.4, 0.5) is 8.78 Å². The molecule has 3 N–H and O–H groups in total. The summed E-state index contributed by atoms with van der Waals surface area (Å²) < 4.78 is 27.4. The van der Waals surface area contributed by atoms with Gasteiger partial charge in [0, 0.05) is 6.54 Å². The summed E-state index contributed by atoms with van der Waals surface area (Å²) >= 11 is 5.94. The zero-order valence-electron chi connectivity index (χ0n) is 11.8. The molecule has 0 saturated carbocycles. The van der Waals surface area contributed by atoms with Crippen molar-refractivity contribution >= 4 is 22.5 Å². The molecule has 1 heterocycles. The molecule has 0 saturated heterocycles. The Balaban J connectivity index is 2.23. The molecule has 0 aliphatic rings. The molecule has 0 fully saturated rings. The number of halogens is 3. The van der Waals surface area contributed by atoms with Gasteiger partial charge in [0.1, 0.15) is 23.0 Å². The molecule has 0 radical (unpaired) electrons. The van der Waals surface area contributed by atoms with Gasteiger partial charge in [0.15, 0.2) is 0 Å². The number of nitrogens with two attached hydrogens (primary N) is 1. The number of aromatic amines is 1. The zero-order chi connectivity index (χ0) is 16.6. The normalized spacial score (nSPS) is 12.5. The minimum Gasteiger partial charge on any atom is -0.329 e. The fraction of sp³-hybridized carbons (Fsp3) is 0.125. The molecule has 3 aromatic rings. The molecule has 0 bridgehead atoms. The SMILES string of the molecule is NCC(c1cccc(F)c1)c1nc2c(F)ccc(Cl)c2c(=O)[nH]1. The molecule has 23 heavy (non-hydrogen) atoms. The first-order valence-electron chi connectivity index (χ1n) is 6.84. The van der Waals surface area contributed by atoms with Crippen LogP contribution in [0.2, 0.25) is 5.02 Å². The largest absolute Gasteiger partial charge is 0.329 e. The fourth-order valence-electron chi connectivity index (χ4n) is 2.49. The van der Waals surface area contributed by atoms with Crippen LogP contribution in [0.15, 0.2) is 41.2 Å². The highest BCUT2D eigenvalue weighted by Gasteiger charge is 2.19. The Labute approximate surface area is 134 Å². The molecule has 7 heteroatoms. The highest BCUT2D eigenvalue weighted by molar-refractivity contribution is 6.35. The van der Waals surface area contributed by atoms with Gasteiger partial charge in [-0.25, -0.2) is 13.8 Å². The van der Waals surface area contributed by atoms with Crippen LogP contribution < -0.4 is 11.3 Å². The van der Waals surface area contributed by atoms with Gasteiger partial charge in [0.25, 0.3) is 5.56 Å². The van der Waals surface area contributed by atoms with E-state index in [1.54, 1.807) is 6.07 Å². The fourth-order valence-corrected chi connectivity index (χ4v) is 2.73. The summed E-state index contributed by atoms with van der Waals surface area (Å²) in [6, 6.07) is 8.23. The van der Waals surface area contributed by atoms with Gasteiger partial charge >= 0.3 is 0 Å². The number of rotatable bonds is 3. The van der Waals surface area contributed by atoms with Crippen molar-refractivity contribution in [2.24, 2.45) is 5.73 Å². The van der Waals surface area contributed by atoms with Gasteiger partial charge in [0.2, 0.25) is 0 Å². The molecule has 1 unspecified atom stereocenters. The third kappa shape index (κ3) is 2.83. The van der Waals surface area contributed by atoms with E-state index in [-0.39, 0.29) is 28.3 Å². The van der Waals surface area contributed by atoms with Gasteiger partial charge in [-0.2, -0.15) is 0 Å². The van der Waals surface area contributed by atoms with E-state index < -0.39 is 23.1 Å². The van der Waals surface area contributed by atoms with Gasteiger partial charge < -0.3 is 10.7 Å². The number of nitrogens with zero attached hydrogens (tertiary/aromatic N) is 1. The first-order chi connectivity index (χ1) is 11.0. The minimum atomic E-state index is -0.660. The Morgan fingerprint density at radius 2 is 2.04 bits per heavy atom. The highest BCUT2D eigenvalue weighted by Crippen LogP contribution is 2.25. The van der Waals surface area contributed by atoms with Gasteiger partial charge in [-0.05, 0) is 29.8 Å². The molecule has 3 rings (SSSR count). The number of nitrogens with one attached hydrogen (secondary N) is 1. The first kappa shape index (κ1) is 15.6. The molecular weight excluding hydrogens is 324 g/mol. The topological polar surface area (TPSA) is 71.8 Å². The Kier molecular flexibility index (Phi) is 4.11. The second-order valence-electron chi connectivity index (χ2n) is 5.05. The van der Waals surface area contributed by atoms with Gasteiger partial charge in [-0.3, -0.25) is 4.79 Å². The molecule has 0 amide bonds. The Morgan fingerprint density at radius 3 is 2.74 bits per heavy atom. The quantitative estimate of drug-likeness (QED) is 0.773. The van der Waals surface area contributed by atoms with E-state index in [1.807, 2.05) is 0 Å². The molecular formula is C16H12ClF2N3O. The van der Waals surface area contributed by atoms with E-state index >= 15 is 0 Å². The predicted molar refractivity (Wildman–Crippen MR) is 84.6 cm³/mol. The van der Waals surface area contributed by atoms with Gasteiger partial charge in [-0.15, -0.1) is 0 Å². The molecule has 0 aliphatic heterocycles. The van der Waals surface area contributed by atoms with Crippen molar-refractivity contribution in [3.63, 3.8) is 0 Å². The maximum Gasteiger partial charge on any atom is 0.260 e. The van der Waals surface area contributed by atoms with Crippen LogP contribution >= 0.6 is 11.6 Å². The van der Waals surface area contributed by atoms with Crippen LogP contribution in [0.25, 0.3) is 10.9 Å². The summed E-state index contributed by atoms with van der Waals surface area (Å²) in [5.74, 6) is -1.50. The van der Waals surface area contributed by atoms with Crippen LogP contribution in [0.3, 0.4) is 0 Å². The standard InChI is InChI=1S/C16H12ClF2N3O/c17-11-4-5-12(19)14-13(11)16(23)22-15(21-14)10(7-20)8-2-1-3-9(18)6-8/h1-6,10H,7,20H2,(H,21,22,23). The smallest absolute Gasteiger partial charge is 0.260 e. The second-order valence-corrected chi connectivity index (χ2v) is 5.45. The lowest BCUT2D eigenvalue weighted by Crippen LogP contribution is -2.21. The van der Waals surface area contributed by atoms with Gasteiger partial charge in [0.05, 0.1) is 16.3 Å². The van der Waals surface area contributed by atoms with E-state index in [4.69, 9.17) is 17.3 Å². The maximum absolute atomic E-state index is 14.0. The van der Waals surface area contributed by atoms with Crippen LogP contribution in [-0.4, -0.2) is 16.5 Å². The van der Waals surface area contributed by atoms with Crippen molar-refractivity contribution in [1.82, 2.24) is 9.97 Å². The molecule has 1 aromatic heterocycles. The lowest BCUT2D eigenvalue weighted by Gasteiger charge is -2.15. The Hall–Kier alpha value is -2.31. The van der Waals surface area contributed by atoms with E-state index in [0.717, 1.165) is 6.07 Å². The number of hydrogen-bond donors (Lipinski definition) is 2. The number of aromatic nitrogens is 2.